The zero-order valence-electron chi connectivity index (χ0n) is 10.7. The van der Waals surface area contributed by atoms with E-state index in [4.69, 9.17) is 6.57 Å². The minimum atomic E-state index is -5.76. The number of halogens is 3. The van der Waals surface area contributed by atoms with Gasteiger partial charge in [0.05, 0.1) is 6.57 Å². The minimum Gasteiger partial charge on any atom is -0.388 e. The molecule has 1 aromatic carbocycles. The summed E-state index contributed by atoms with van der Waals surface area (Å²) >= 11 is 0. The van der Waals surface area contributed by atoms with Gasteiger partial charge in [-0.3, -0.25) is 0 Å². The highest BCUT2D eigenvalue weighted by molar-refractivity contribution is 7.88. The third kappa shape index (κ3) is 3.87. The molecule has 0 saturated carbocycles. The van der Waals surface area contributed by atoms with Crippen LogP contribution in [0.1, 0.15) is 19.4 Å². The molecule has 0 saturated heterocycles. The second-order valence-corrected chi connectivity index (χ2v) is 6.03. The summed E-state index contributed by atoms with van der Waals surface area (Å²) in [4.78, 5) is 3.00. The first kappa shape index (κ1) is 16.3. The van der Waals surface area contributed by atoms with Crippen molar-refractivity contribution in [3.63, 3.8) is 0 Å². The van der Waals surface area contributed by atoms with Gasteiger partial charge < -0.3 is 4.18 Å². The molecule has 0 fully saturated rings. The molecule has 0 aliphatic rings. The number of rotatable bonds is 4. The Morgan fingerprint density at radius 2 is 1.95 bits per heavy atom. The van der Waals surface area contributed by atoms with Crippen LogP contribution in [0.2, 0.25) is 0 Å². The molecule has 4 nitrogen and oxygen atoms in total. The van der Waals surface area contributed by atoms with Crippen molar-refractivity contribution in [1.29, 1.82) is 0 Å². The highest BCUT2D eigenvalue weighted by Gasteiger charge is 2.48. The lowest BCUT2D eigenvalue weighted by atomic mass is 10.0. The molecule has 0 radical (unpaired) electrons. The Labute approximate surface area is 115 Å². The molecule has 0 aromatic heterocycles. The first-order valence-electron chi connectivity index (χ1n) is 5.58. The van der Waals surface area contributed by atoms with Gasteiger partial charge >= 0.3 is 15.6 Å². The van der Waals surface area contributed by atoms with E-state index in [1.165, 1.54) is 12.1 Å². The van der Waals surface area contributed by atoms with E-state index in [-0.39, 0.29) is 5.69 Å². The van der Waals surface area contributed by atoms with E-state index in [1.807, 2.05) is 13.8 Å². The molecule has 20 heavy (non-hydrogen) atoms. The Balaban J connectivity index is 3.13. The van der Waals surface area contributed by atoms with E-state index in [9.17, 15) is 21.6 Å². The highest BCUT2D eigenvalue weighted by Crippen LogP contribution is 2.34. The van der Waals surface area contributed by atoms with Crippen molar-refractivity contribution >= 4 is 15.8 Å². The Morgan fingerprint density at radius 3 is 2.40 bits per heavy atom. The van der Waals surface area contributed by atoms with Crippen LogP contribution in [0.5, 0.6) is 5.75 Å². The normalized spacial score (nSPS) is 12.2. The number of alkyl halides is 3. The Bertz CT molecular complexity index is 630. The van der Waals surface area contributed by atoms with Crippen LogP contribution in [-0.2, 0) is 16.5 Å². The first-order chi connectivity index (χ1) is 9.06. The lowest BCUT2D eigenvalue weighted by molar-refractivity contribution is -0.0499. The standard InChI is InChI=1S/C12H12F3NO3S/c1-8(2)6-9-4-5-11(10(7-9)16-3)19-20(17,18)12(13,14)15/h4-5,7-8H,6H2,1-2H3. The SMILES string of the molecule is [C-]#[N+]c1cc(CC(C)C)ccc1OS(=O)(=O)C(F)(F)F. The molecular weight excluding hydrogens is 295 g/mol. The smallest absolute Gasteiger partial charge is 0.388 e. The Kier molecular flexibility index (Phi) is 4.65. The van der Waals surface area contributed by atoms with Crippen LogP contribution in [0, 0.1) is 12.5 Å². The van der Waals surface area contributed by atoms with Gasteiger partial charge in [-0.25, -0.2) is 4.85 Å². The topological polar surface area (TPSA) is 47.7 Å². The lowest BCUT2D eigenvalue weighted by Crippen LogP contribution is -2.28. The maximum absolute atomic E-state index is 12.2. The third-order valence-corrected chi connectivity index (χ3v) is 3.24. The molecule has 0 N–H and O–H groups in total. The summed E-state index contributed by atoms with van der Waals surface area (Å²) in [7, 11) is -5.76. The lowest BCUT2D eigenvalue weighted by Gasteiger charge is -2.12. The summed E-state index contributed by atoms with van der Waals surface area (Å²) in [6.07, 6.45) is 0.620. The summed E-state index contributed by atoms with van der Waals surface area (Å²) < 4.78 is 62.4. The number of nitrogens with zero attached hydrogens (tertiary/aromatic N) is 1. The molecule has 0 amide bonds. The molecule has 8 heteroatoms. The van der Waals surface area contributed by atoms with Gasteiger partial charge in [-0.1, -0.05) is 25.5 Å². The highest BCUT2D eigenvalue weighted by atomic mass is 32.2. The number of hydrogen-bond acceptors (Lipinski definition) is 3. The van der Waals surface area contributed by atoms with Crippen molar-refractivity contribution in [3.8, 4) is 5.75 Å². The largest absolute Gasteiger partial charge is 0.534 e. The Morgan fingerprint density at radius 1 is 1.35 bits per heavy atom. The van der Waals surface area contributed by atoms with E-state index in [2.05, 4.69) is 9.03 Å². The van der Waals surface area contributed by atoms with Crippen molar-refractivity contribution in [2.75, 3.05) is 0 Å². The molecule has 0 unspecified atom stereocenters. The van der Waals surface area contributed by atoms with Crippen LogP contribution in [0.15, 0.2) is 18.2 Å². The quantitative estimate of drug-likeness (QED) is 0.484. The van der Waals surface area contributed by atoms with E-state index < -0.39 is 21.4 Å². The van der Waals surface area contributed by atoms with Crippen molar-refractivity contribution in [3.05, 3.63) is 35.2 Å². The molecule has 0 atom stereocenters. The van der Waals surface area contributed by atoms with Gasteiger partial charge in [-0.2, -0.15) is 21.6 Å². The fraction of sp³-hybridized carbons (Fsp3) is 0.417. The van der Waals surface area contributed by atoms with Gasteiger partial charge in [0.1, 0.15) is 5.75 Å². The van der Waals surface area contributed by atoms with Gasteiger partial charge in [0.15, 0.2) is 0 Å². The van der Waals surface area contributed by atoms with E-state index >= 15 is 0 Å². The van der Waals surface area contributed by atoms with E-state index in [1.54, 1.807) is 0 Å². The summed E-state index contributed by atoms with van der Waals surface area (Å²) in [6, 6.07) is 3.83. The van der Waals surface area contributed by atoms with Gasteiger partial charge in [0, 0.05) is 0 Å². The van der Waals surface area contributed by atoms with Crippen LogP contribution in [-0.4, -0.2) is 13.9 Å². The van der Waals surface area contributed by atoms with Crippen molar-refractivity contribution in [2.24, 2.45) is 5.92 Å². The van der Waals surface area contributed by atoms with Crippen LogP contribution in [0.3, 0.4) is 0 Å². The van der Waals surface area contributed by atoms with Gasteiger partial charge in [0.25, 0.3) is 0 Å². The van der Waals surface area contributed by atoms with Crippen LogP contribution in [0.4, 0.5) is 18.9 Å². The van der Waals surface area contributed by atoms with Crippen LogP contribution in [0.25, 0.3) is 4.85 Å². The Hall–Kier alpha value is -1.75. The van der Waals surface area contributed by atoms with E-state index in [0.717, 1.165) is 11.6 Å². The molecule has 0 spiro atoms. The fourth-order valence-electron chi connectivity index (χ4n) is 1.48. The second-order valence-electron chi connectivity index (χ2n) is 4.50. The minimum absolute atomic E-state index is 0.268. The maximum atomic E-state index is 12.2. The van der Waals surface area contributed by atoms with Crippen LogP contribution < -0.4 is 4.18 Å². The van der Waals surface area contributed by atoms with E-state index in [0.29, 0.717) is 12.3 Å². The van der Waals surface area contributed by atoms with Gasteiger partial charge in [0.2, 0.25) is 5.69 Å². The maximum Gasteiger partial charge on any atom is 0.534 e. The van der Waals surface area contributed by atoms with Crippen molar-refractivity contribution in [2.45, 2.75) is 25.8 Å². The summed E-state index contributed by atoms with van der Waals surface area (Å²) in [5.74, 6) is -0.330. The summed E-state index contributed by atoms with van der Waals surface area (Å²) in [6.45, 7) is 10.8. The zero-order valence-corrected chi connectivity index (χ0v) is 11.5. The average Bonchev–Trinajstić information content (AvgIpc) is 2.28. The van der Waals surface area contributed by atoms with Gasteiger partial charge in [-0.05, 0) is 24.5 Å². The molecule has 0 aliphatic carbocycles. The number of benzene rings is 1. The molecule has 0 aliphatic heterocycles. The summed E-state index contributed by atoms with van der Waals surface area (Å²) in [5.41, 5.74) is -5.07. The molecule has 0 bridgehead atoms. The molecule has 1 aromatic rings. The fourth-order valence-corrected chi connectivity index (χ4v) is 1.96. The predicted octanol–water partition coefficient (Wildman–Crippen LogP) is 3.66. The zero-order chi connectivity index (χ0) is 15.6. The number of hydrogen-bond donors (Lipinski definition) is 0. The molecule has 110 valence electrons. The first-order valence-corrected chi connectivity index (χ1v) is 6.99. The van der Waals surface area contributed by atoms with Gasteiger partial charge in [-0.15, -0.1) is 0 Å². The second kappa shape index (κ2) is 5.71. The predicted molar refractivity (Wildman–Crippen MR) is 66.8 cm³/mol. The van der Waals surface area contributed by atoms with Crippen LogP contribution >= 0.6 is 0 Å². The van der Waals surface area contributed by atoms with Crippen molar-refractivity contribution in [1.82, 2.24) is 0 Å². The van der Waals surface area contributed by atoms with Crippen molar-refractivity contribution < 1.29 is 25.8 Å². The molecule has 0 heterocycles. The average molecular weight is 307 g/mol. The molecule has 1 rings (SSSR count). The monoisotopic (exact) mass is 307 g/mol. The molecular formula is C12H12F3NO3S. The third-order valence-electron chi connectivity index (χ3n) is 2.27. The summed E-state index contributed by atoms with van der Waals surface area (Å²) in [5, 5.41) is 0.